The first-order valence-corrected chi connectivity index (χ1v) is 18.4. The smallest absolute Gasteiger partial charge is 0.338 e. The van der Waals surface area contributed by atoms with Crippen molar-refractivity contribution in [2.24, 2.45) is 11.8 Å². The van der Waals surface area contributed by atoms with Gasteiger partial charge in [0.1, 0.15) is 12.2 Å². The van der Waals surface area contributed by atoms with Crippen LogP contribution >= 0.6 is 0 Å². The molecule has 8 heteroatoms. The van der Waals surface area contributed by atoms with Crippen molar-refractivity contribution in [3.8, 4) is 0 Å². The van der Waals surface area contributed by atoms with Gasteiger partial charge in [-0.15, -0.1) is 0 Å². The summed E-state index contributed by atoms with van der Waals surface area (Å²) in [6.45, 7) is 6.85. The molecule has 4 aromatic rings. The molecule has 0 saturated heterocycles. The Morgan fingerprint density at radius 2 is 1.06 bits per heavy atom. The van der Waals surface area contributed by atoms with Gasteiger partial charge in [0.25, 0.3) is 8.32 Å². The first-order chi connectivity index (χ1) is 23.1. The summed E-state index contributed by atoms with van der Waals surface area (Å²) in [5.41, 5.74) is 0.856. The fraction of sp³-hybridized carbons (Fsp3) is 0.325. The molecule has 1 aliphatic rings. The summed E-state index contributed by atoms with van der Waals surface area (Å²) < 4.78 is 24.8. The molecule has 1 saturated carbocycles. The Bertz CT molecular complexity index is 1600. The third-order valence-corrected chi connectivity index (χ3v) is 14.3. The van der Waals surface area contributed by atoms with E-state index in [0.717, 1.165) is 10.4 Å². The van der Waals surface area contributed by atoms with Crippen molar-refractivity contribution in [1.82, 2.24) is 0 Å². The number of hydrogen-bond acceptors (Lipinski definition) is 7. The number of ether oxygens (including phenoxy) is 3. The minimum atomic E-state index is -2.98. The van der Waals surface area contributed by atoms with Crippen molar-refractivity contribution in [3.63, 3.8) is 0 Å². The van der Waals surface area contributed by atoms with Gasteiger partial charge in [-0.2, -0.15) is 0 Å². The first kappa shape index (κ1) is 34.8. The highest BCUT2D eigenvalue weighted by Gasteiger charge is 2.53. The molecule has 0 spiro atoms. The van der Waals surface area contributed by atoms with Gasteiger partial charge in [0, 0.05) is 31.3 Å². The molecule has 0 amide bonds. The van der Waals surface area contributed by atoms with Crippen LogP contribution in [0.15, 0.2) is 121 Å². The average Bonchev–Trinajstić information content (AvgIpc) is 3.43. The molecule has 0 aliphatic heterocycles. The largest absolute Gasteiger partial charge is 0.469 e. The molecule has 0 bridgehead atoms. The van der Waals surface area contributed by atoms with Gasteiger partial charge in [0.05, 0.1) is 18.2 Å². The number of carbonyl (C=O) groups excluding carboxylic acids is 3. The summed E-state index contributed by atoms with van der Waals surface area (Å²) in [5.74, 6) is -2.01. The molecular weight excluding hydrogens is 621 g/mol. The summed E-state index contributed by atoms with van der Waals surface area (Å²) in [6.07, 6.45) is -0.489. The monoisotopic (exact) mass is 664 g/mol. The van der Waals surface area contributed by atoms with Crippen LogP contribution < -0.4 is 10.4 Å². The standard InChI is InChI=1S/C40H44O7Si/c1-40(2,3)48(31-21-13-7-14-22-31,32-23-15-8-16-24-32)45-28-34-33(25-26-37(41)44-4)35(46-38(42)29-17-9-5-10-18-29)27-36(34)47-39(43)30-19-11-6-12-20-30/h5-24,33-36H,25-28H2,1-4H3/t33-,34+,35-,36+/m0/s1. The van der Waals surface area contributed by atoms with Gasteiger partial charge in [-0.25, -0.2) is 9.59 Å². The molecule has 1 fully saturated rings. The molecule has 4 atom stereocenters. The molecule has 0 N–H and O–H groups in total. The third-order valence-electron chi connectivity index (χ3n) is 9.32. The first-order valence-electron chi connectivity index (χ1n) is 16.5. The van der Waals surface area contributed by atoms with Crippen molar-refractivity contribution < 1.29 is 33.0 Å². The van der Waals surface area contributed by atoms with Crippen molar-refractivity contribution in [3.05, 3.63) is 132 Å². The van der Waals surface area contributed by atoms with E-state index in [2.05, 4.69) is 45.0 Å². The zero-order chi connectivity index (χ0) is 34.1. The minimum Gasteiger partial charge on any atom is -0.469 e. The molecule has 5 rings (SSSR count). The van der Waals surface area contributed by atoms with Crippen LogP contribution in [-0.4, -0.2) is 52.1 Å². The summed E-state index contributed by atoms with van der Waals surface area (Å²) >= 11 is 0. The lowest BCUT2D eigenvalue weighted by Gasteiger charge is -2.44. The topological polar surface area (TPSA) is 88.1 Å². The fourth-order valence-corrected chi connectivity index (χ4v) is 11.6. The highest BCUT2D eigenvalue weighted by atomic mass is 28.4. The molecule has 0 aromatic heterocycles. The second-order valence-electron chi connectivity index (χ2n) is 13.3. The van der Waals surface area contributed by atoms with Crippen LogP contribution in [0.5, 0.6) is 0 Å². The van der Waals surface area contributed by atoms with Crippen LogP contribution in [-0.2, 0) is 23.4 Å². The Morgan fingerprint density at radius 1 is 0.646 bits per heavy atom. The quantitative estimate of drug-likeness (QED) is 0.0958. The van der Waals surface area contributed by atoms with E-state index in [9.17, 15) is 14.4 Å². The van der Waals surface area contributed by atoms with E-state index in [0.29, 0.717) is 17.5 Å². The Balaban J connectivity index is 1.55. The highest BCUT2D eigenvalue weighted by molar-refractivity contribution is 6.99. The van der Waals surface area contributed by atoms with Gasteiger partial charge >= 0.3 is 17.9 Å². The van der Waals surface area contributed by atoms with E-state index in [-0.39, 0.29) is 42.3 Å². The summed E-state index contributed by atoms with van der Waals surface area (Å²) in [7, 11) is -1.62. The van der Waals surface area contributed by atoms with E-state index in [1.807, 2.05) is 48.5 Å². The van der Waals surface area contributed by atoms with E-state index in [1.54, 1.807) is 48.5 Å². The maximum absolute atomic E-state index is 13.5. The zero-order valence-electron chi connectivity index (χ0n) is 28.0. The molecule has 0 radical (unpaired) electrons. The van der Waals surface area contributed by atoms with Crippen LogP contribution in [0.25, 0.3) is 0 Å². The van der Waals surface area contributed by atoms with Crippen LogP contribution in [0.4, 0.5) is 0 Å². The lowest BCUT2D eigenvalue weighted by molar-refractivity contribution is -0.141. The van der Waals surface area contributed by atoms with Gasteiger partial charge in [-0.1, -0.05) is 118 Å². The molecule has 250 valence electrons. The summed E-state index contributed by atoms with van der Waals surface area (Å²) in [5, 5.41) is 1.96. The normalized spacial score (nSPS) is 19.3. The fourth-order valence-electron chi connectivity index (χ4n) is 6.96. The molecular formula is C40H44O7Si. The molecule has 48 heavy (non-hydrogen) atoms. The van der Waals surface area contributed by atoms with Crippen molar-refractivity contribution in [1.29, 1.82) is 0 Å². The average molecular weight is 665 g/mol. The second-order valence-corrected chi connectivity index (χ2v) is 17.6. The number of benzene rings is 4. The lowest BCUT2D eigenvalue weighted by atomic mass is 9.90. The van der Waals surface area contributed by atoms with Crippen LogP contribution in [0.2, 0.25) is 5.04 Å². The maximum atomic E-state index is 13.5. The van der Waals surface area contributed by atoms with Gasteiger partial charge in [-0.05, 0) is 46.1 Å². The van der Waals surface area contributed by atoms with E-state index in [1.165, 1.54) is 7.11 Å². The van der Waals surface area contributed by atoms with Crippen molar-refractivity contribution in [2.45, 2.75) is 57.3 Å². The zero-order valence-corrected chi connectivity index (χ0v) is 29.0. The second kappa shape index (κ2) is 15.6. The Labute approximate surface area is 284 Å². The third kappa shape index (κ3) is 7.77. The maximum Gasteiger partial charge on any atom is 0.338 e. The number of methoxy groups -OCH3 is 1. The van der Waals surface area contributed by atoms with E-state index in [4.69, 9.17) is 18.6 Å². The van der Waals surface area contributed by atoms with Crippen LogP contribution in [0.3, 0.4) is 0 Å². The summed E-state index contributed by atoms with van der Waals surface area (Å²) in [6, 6.07) is 38.3. The summed E-state index contributed by atoms with van der Waals surface area (Å²) in [4.78, 5) is 39.3. The van der Waals surface area contributed by atoms with Crippen molar-refractivity contribution in [2.75, 3.05) is 13.7 Å². The van der Waals surface area contributed by atoms with Crippen LogP contribution in [0.1, 0.15) is 60.7 Å². The Hall–Kier alpha value is -4.53. The lowest BCUT2D eigenvalue weighted by Crippen LogP contribution is -2.67. The number of carbonyl (C=O) groups is 3. The van der Waals surface area contributed by atoms with Crippen molar-refractivity contribution >= 4 is 36.6 Å². The predicted molar refractivity (Wildman–Crippen MR) is 188 cm³/mol. The predicted octanol–water partition coefficient (Wildman–Crippen LogP) is 6.60. The van der Waals surface area contributed by atoms with Crippen LogP contribution in [0, 0.1) is 11.8 Å². The van der Waals surface area contributed by atoms with Gasteiger partial charge in [-0.3, -0.25) is 4.79 Å². The SMILES string of the molecule is COC(=O)CC[C@H]1[C@@H](CO[Si](c2ccccc2)(c2ccccc2)C(C)(C)C)[C@H](OC(=O)c2ccccc2)C[C@@H]1OC(=O)c1ccccc1. The van der Waals surface area contributed by atoms with E-state index < -0.39 is 32.5 Å². The molecule has 0 heterocycles. The Morgan fingerprint density at radius 3 is 1.48 bits per heavy atom. The Kier molecular flexibility index (Phi) is 11.3. The van der Waals surface area contributed by atoms with E-state index >= 15 is 0 Å². The minimum absolute atomic E-state index is 0.121. The van der Waals surface area contributed by atoms with Gasteiger partial charge in [0.2, 0.25) is 0 Å². The number of esters is 3. The number of rotatable bonds is 12. The molecule has 7 nitrogen and oxygen atoms in total. The highest BCUT2D eigenvalue weighted by Crippen LogP contribution is 2.43. The number of hydrogen-bond donors (Lipinski definition) is 0. The van der Waals surface area contributed by atoms with Gasteiger partial charge < -0.3 is 18.6 Å². The van der Waals surface area contributed by atoms with Gasteiger partial charge in [0.15, 0.2) is 0 Å². The molecule has 0 unspecified atom stereocenters. The molecule has 1 aliphatic carbocycles. The molecule has 4 aromatic carbocycles.